The van der Waals surface area contributed by atoms with Crippen molar-refractivity contribution in [3.63, 3.8) is 0 Å². The Kier molecular flexibility index (Phi) is 3.94. The largest absolute Gasteiger partial charge is 0.480 e. The molecule has 0 heterocycles. The molecule has 4 nitrogen and oxygen atoms in total. The van der Waals surface area contributed by atoms with Gasteiger partial charge in [0, 0.05) is 5.69 Å². The van der Waals surface area contributed by atoms with Crippen LogP contribution in [-0.2, 0) is 11.2 Å². The average Bonchev–Trinajstić information content (AvgIpc) is 2.17. The van der Waals surface area contributed by atoms with Gasteiger partial charge in [0.25, 0.3) is 0 Å². The minimum Gasteiger partial charge on any atom is -0.480 e. The number of nitrogens with one attached hydrogen (secondary N) is 1. The van der Waals surface area contributed by atoms with Gasteiger partial charge in [-0.2, -0.15) is 0 Å². The van der Waals surface area contributed by atoms with Gasteiger partial charge in [-0.3, -0.25) is 4.79 Å². The summed E-state index contributed by atoms with van der Waals surface area (Å²) < 4.78 is 0. The van der Waals surface area contributed by atoms with Gasteiger partial charge >= 0.3 is 5.97 Å². The Morgan fingerprint density at radius 2 is 2.00 bits per heavy atom. The van der Waals surface area contributed by atoms with Crippen LogP contribution in [0.5, 0.6) is 0 Å². The molecule has 0 aliphatic carbocycles. The molecule has 0 spiro atoms. The summed E-state index contributed by atoms with van der Waals surface area (Å²) in [5.41, 5.74) is 7.38. The summed E-state index contributed by atoms with van der Waals surface area (Å²) in [4.78, 5) is 10.3. The monoisotopic (exact) mass is 194 g/mol. The van der Waals surface area contributed by atoms with Crippen molar-refractivity contribution in [3.8, 4) is 0 Å². The van der Waals surface area contributed by atoms with E-state index < -0.39 is 5.97 Å². The molecule has 0 fully saturated rings. The highest BCUT2D eigenvalue weighted by Gasteiger charge is 1.96. The predicted molar refractivity (Wildman–Crippen MR) is 55.3 cm³/mol. The van der Waals surface area contributed by atoms with Crippen LogP contribution in [0.1, 0.15) is 5.56 Å². The van der Waals surface area contributed by atoms with Crippen LogP contribution >= 0.6 is 0 Å². The first kappa shape index (κ1) is 10.5. The number of aliphatic carboxylic acids is 1. The van der Waals surface area contributed by atoms with Crippen molar-refractivity contribution in [1.29, 1.82) is 0 Å². The highest BCUT2D eigenvalue weighted by molar-refractivity contribution is 5.72. The first-order valence-corrected chi connectivity index (χ1v) is 4.47. The van der Waals surface area contributed by atoms with Crippen LogP contribution < -0.4 is 11.1 Å². The molecule has 76 valence electrons. The standard InChI is InChI=1S/C10H14N2O2/c11-6-5-8-1-3-9(4-2-8)12-7-10(13)14/h1-4,12H,5-7,11H2,(H,13,14). The molecule has 1 rings (SSSR count). The van der Waals surface area contributed by atoms with Gasteiger partial charge in [0.2, 0.25) is 0 Å². The summed E-state index contributed by atoms with van der Waals surface area (Å²) in [6.07, 6.45) is 0.846. The van der Waals surface area contributed by atoms with Crippen molar-refractivity contribution in [1.82, 2.24) is 0 Å². The fourth-order valence-electron chi connectivity index (χ4n) is 1.13. The SMILES string of the molecule is NCCc1ccc(NCC(=O)O)cc1. The van der Waals surface area contributed by atoms with Gasteiger partial charge in [0.1, 0.15) is 6.54 Å². The molecule has 0 aliphatic rings. The number of rotatable bonds is 5. The van der Waals surface area contributed by atoms with Crippen molar-refractivity contribution in [3.05, 3.63) is 29.8 Å². The fourth-order valence-corrected chi connectivity index (χ4v) is 1.13. The van der Waals surface area contributed by atoms with Crippen LogP contribution in [-0.4, -0.2) is 24.2 Å². The number of carboxylic acids is 1. The molecule has 0 saturated carbocycles. The van der Waals surface area contributed by atoms with Crippen LogP contribution in [0.3, 0.4) is 0 Å². The summed E-state index contributed by atoms with van der Waals surface area (Å²) in [7, 11) is 0. The number of hydrogen-bond acceptors (Lipinski definition) is 3. The molecule has 1 aromatic rings. The first-order chi connectivity index (χ1) is 6.72. The van der Waals surface area contributed by atoms with Crippen LogP contribution in [0.25, 0.3) is 0 Å². The van der Waals surface area contributed by atoms with E-state index in [1.807, 2.05) is 24.3 Å². The number of carbonyl (C=O) groups is 1. The lowest BCUT2D eigenvalue weighted by Gasteiger charge is -2.04. The van der Waals surface area contributed by atoms with Crippen LogP contribution in [0, 0.1) is 0 Å². The van der Waals surface area contributed by atoms with Crippen molar-refractivity contribution in [2.45, 2.75) is 6.42 Å². The number of anilines is 1. The van der Waals surface area contributed by atoms with E-state index in [1.54, 1.807) is 0 Å². The number of benzene rings is 1. The van der Waals surface area contributed by atoms with Crippen LogP contribution in [0.15, 0.2) is 24.3 Å². The van der Waals surface area contributed by atoms with Gasteiger partial charge in [0.05, 0.1) is 0 Å². The van der Waals surface area contributed by atoms with E-state index in [4.69, 9.17) is 10.8 Å². The Morgan fingerprint density at radius 1 is 1.36 bits per heavy atom. The quantitative estimate of drug-likeness (QED) is 0.644. The Morgan fingerprint density at radius 3 is 2.50 bits per heavy atom. The third-order valence-corrected chi connectivity index (χ3v) is 1.83. The van der Waals surface area contributed by atoms with Gasteiger partial charge in [-0.05, 0) is 30.7 Å². The molecule has 0 unspecified atom stereocenters. The highest BCUT2D eigenvalue weighted by atomic mass is 16.4. The minimum atomic E-state index is -0.865. The first-order valence-electron chi connectivity index (χ1n) is 4.47. The Labute approximate surface area is 82.7 Å². The minimum absolute atomic E-state index is 0.0593. The maximum Gasteiger partial charge on any atom is 0.322 e. The summed E-state index contributed by atoms with van der Waals surface area (Å²) in [5.74, 6) is -0.865. The summed E-state index contributed by atoms with van der Waals surface area (Å²) in [6, 6.07) is 7.59. The normalized spacial score (nSPS) is 9.79. The highest BCUT2D eigenvalue weighted by Crippen LogP contribution is 2.09. The molecule has 4 heteroatoms. The topological polar surface area (TPSA) is 75.3 Å². The molecule has 0 amide bonds. The second kappa shape index (κ2) is 5.24. The summed E-state index contributed by atoms with van der Waals surface area (Å²) in [6.45, 7) is 0.568. The third-order valence-electron chi connectivity index (χ3n) is 1.83. The van der Waals surface area contributed by atoms with E-state index in [0.29, 0.717) is 6.54 Å². The molecule has 0 aliphatic heterocycles. The average molecular weight is 194 g/mol. The summed E-state index contributed by atoms with van der Waals surface area (Å²) in [5, 5.41) is 11.2. The van der Waals surface area contributed by atoms with Crippen LogP contribution in [0.4, 0.5) is 5.69 Å². The van der Waals surface area contributed by atoms with Gasteiger partial charge < -0.3 is 16.2 Å². The maximum absolute atomic E-state index is 10.3. The predicted octanol–water partition coefficient (Wildman–Crippen LogP) is 0.684. The van der Waals surface area contributed by atoms with Gasteiger partial charge in [-0.1, -0.05) is 12.1 Å². The Hall–Kier alpha value is -1.55. The van der Waals surface area contributed by atoms with Gasteiger partial charge in [-0.25, -0.2) is 0 Å². The zero-order valence-electron chi connectivity index (χ0n) is 7.86. The van der Waals surface area contributed by atoms with E-state index >= 15 is 0 Å². The molecule has 14 heavy (non-hydrogen) atoms. The third kappa shape index (κ3) is 3.45. The molecule has 0 aromatic heterocycles. The lowest BCUT2D eigenvalue weighted by Crippen LogP contribution is -2.12. The Balaban J connectivity index is 2.50. The number of carboxylic acid groups (broad SMARTS) is 1. The van der Waals surface area contributed by atoms with E-state index in [1.165, 1.54) is 0 Å². The molecule has 0 atom stereocenters. The van der Waals surface area contributed by atoms with Crippen molar-refractivity contribution < 1.29 is 9.90 Å². The number of nitrogens with two attached hydrogens (primary N) is 1. The molecular formula is C10H14N2O2. The van der Waals surface area contributed by atoms with E-state index in [2.05, 4.69) is 5.32 Å². The molecule has 0 saturated heterocycles. The fraction of sp³-hybridized carbons (Fsp3) is 0.300. The van der Waals surface area contributed by atoms with Crippen molar-refractivity contribution in [2.75, 3.05) is 18.4 Å². The molecule has 0 radical (unpaired) electrons. The van der Waals surface area contributed by atoms with E-state index in [9.17, 15) is 4.79 Å². The maximum atomic E-state index is 10.3. The Bertz CT molecular complexity index is 295. The molecule has 0 bridgehead atoms. The van der Waals surface area contributed by atoms with Gasteiger partial charge in [0.15, 0.2) is 0 Å². The lowest BCUT2D eigenvalue weighted by atomic mass is 10.1. The zero-order valence-corrected chi connectivity index (χ0v) is 7.86. The molecule has 1 aromatic carbocycles. The van der Waals surface area contributed by atoms with E-state index in [0.717, 1.165) is 17.7 Å². The molecule has 4 N–H and O–H groups in total. The summed E-state index contributed by atoms with van der Waals surface area (Å²) >= 11 is 0. The number of hydrogen-bond donors (Lipinski definition) is 3. The van der Waals surface area contributed by atoms with Crippen LogP contribution in [0.2, 0.25) is 0 Å². The second-order valence-corrected chi connectivity index (χ2v) is 2.98. The van der Waals surface area contributed by atoms with E-state index in [-0.39, 0.29) is 6.54 Å². The molecular weight excluding hydrogens is 180 g/mol. The van der Waals surface area contributed by atoms with Gasteiger partial charge in [-0.15, -0.1) is 0 Å². The smallest absolute Gasteiger partial charge is 0.322 e. The van der Waals surface area contributed by atoms with Crippen molar-refractivity contribution in [2.24, 2.45) is 5.73 Å². The zero-order chi connectivity index (χ0) is 10.4. The van der Waals surface area contributed by atoms with Crippen molar-refractivity contribution >= 4 is 11.7 Å². The lowest BCUT2D eigenvalue weighted by molar-refractivity contribution is -0.134. The second-order valence-electron chi connectivity index (χ2n) is 2.98.